The number of hydrogen-bond acceptors (Lipinski definition) is 7. The monoisotopic (exact) mass is 426 g/mol. The van der Waals surface area contributed by atoms with Gasteiger partial charge in [0.05, 0.1) is 26.0 Å². The second-order valence-electron chi connectivity index (χ2n) is 6.38. The summed E-state index contributed by atoms with van der Waals surface area (Å²) in [4.78, 5) is 39.0. The molecule has 162 valence electrons. The maximum Gasteiger partial charge on any atom is 0.336 e. The van der Waals surface area contributed by atoms with Crippen LogP contribution in [-0.2, 0) is 9.59 Å². The Bertz CT molecular complexity index is 1060. The summed E-state index contributed by atoms with van der Waals surface area (Å²) in [6.45, 7) is 4.27. The van der Waals surface area contributed by atoms with Crippen LogP contribution in [-0.4, -0.2) is 43.3 Å². The van der Waals surface area contributed by atoms with Gasteiger partial charge in [0.1, 0.15) is 17.1 Å². The molecule has 3 rings (SSSR count). The maximum atomic E-state index is 13.2. The third-order valence-corrected chi connectivity index (χ3v) is 4.40. The van der Waals surface area contributed by atoms with Crippen LogP contribution in [0.2, 0.25) is 0 Å². The molecule has 0 bridgehead atoms. The molecule has 4 amide bonds. The minimum absolute atomic E-state index is 0.0880. The highest BCUT2D eigenvalue weighted by Gasteiger charge is 2.38. The third-order valence-electron chi connectivity index (χ3n) is 4.40. The Kier molecular flexibility index (Phi) is 6.44. The van der Waals surface area contributed by atoms with Crippen molar-refractivity contribution in [2.45, 2.75) is 13.8 Å². The highest BCUT2D eigenvalue weighted by molar-refractivity contribution is 6.39. The van der Waals surface area contributed by atoms with E-state index in [1.165, 1.54) is 37.5 Å². The van der Waals surface area contributed by atoms with Crippen LogP contribution in [0.15, 0.2) is 42.0 Å². The number of barbiturate groups is 1. The van der Waals surface area contributed by atoms with E-state index >= 15 is 0 Å². The summed E-state index contributed by atoms with van der Waals surface area (Å²) in [5.41, 5.74) is 0.309. The SMILES string of the molecule is CCOc1ccc(OCC)c(N2C(=O)NC(=O)/C(=C\c3ccc(O)c(OC)c3)C2=O)c1. The van der Waals surface area contributed by atoms with Gasteiger partial charge in [0.15, 0.2) is 11.5 Å². The number of imide groups is 2. The van der Waals surface area contributed by atoms with Crippen LogP contribution in [0.3, 0.4) is 0 Å². The Morgan fingerprint density at radius 2 is 1.74 bits per heavy atom. The fourth-order valence-corrected chi connectivity index (χ4v) is 3.03. The molecule has 1 heterocycles. The van der Waals surface area contributed by atoms with Gasteiger partial charge in [-0.25, -0.2) is 9.69 Å². The van der Waals surface area contributed by atoms with Gasteiger partial charge in [0.2, 0.25) is 0 Å². The van der Waals surface area contributed by atoms with Crippen LogP contribution < -0.4 is 24.4 Å². The van der Waals surface area contributed by atoms with Crippen LogP contribution in [0.4, 0.5) is 10.5 Å². The number of carbonyl (C=O) groups is 3. The number of phenolic OH excluding ortho intramolecular Hbond substituents is 1. The zero-order chi connectivity index (χ0) is 22.5. The molecule has 0 spiro atoms. The maximum absolute atomic E-state index is 13.2. The lowest BCUT2D eigenvalue weighted by atomic mass is 10.1. The van der Waals surface area contributed by atoms with Crippen LogP contribution in [0.1, 0.15) is 19.4 Å². The van der Waals surface area contributed by atoms with Gasteiger partial charge in [-0.1, -0.05) is 6.07 Å². The smallest absolute Gasteiger partial charge is 0.336 e. The number of carbonyl (C=O) groups excluding carboxylic acids is 3. The zero-order valence-electron chi connectivity index (χ0n) is 17.3. The third kappa shape index (κ3) is 4.45. The number of urea groups is 1. The van der Waals surface area contributed by atoms with E-state index in [2.05, 4.69) is 5.32 Å². The first kappa shape index (κ1) is 21.7. The molecule has 9 heteroatoms. The molecule has 1 saturated heterocycles. The molecule has 0 unspecified atom stereocenters. The van der Waals surface area contributed by atoms with Crippen LogP contribution in [0.25, 0.3) is 6.08 Å². The number of nitrogens with one attached hydrogen (secondary N) is 1. The van der Waals surface area contributed by atoms with E-state index in [4.69, 9.17) is 14.2 Å². The van der Waals surface area contributed by atoms with Crippen molar-refractivity contribution >= 4 is 29.6 Å². The first-order valence-corrected chi connectivity index (χ1v) is 9.57. The van der Waals surface area contributed by atoms with E-state index in [1.54, 1.807) is 26.0 Å². The van der Waals surface area contributed by atoms with Gasteiger partial charge in [0.25, 0.3) is 11.8 Å². The zero-order valence-corrected chi connectivity index (χ0v) is 17.3. The Labute approximate surface area is 178 Å². The number of aromatic hydroxyl groups is 1. The van der Waals surface area contributed by atoms with Gasteiger partial charge >= 0.3 is 6.03 Å². The van der Waals surface area contributed by atoms with Crippen molar-refractivity contribution in [2.24, 2.45) is 0 Å². The first-order valence-electron chi connectivity index (χ1n) is 9.57. The standard InChI is InChI=1S/C22H22N2O7/c1-4-30-14-7-9-18(31-5-2)16(12-14)24-21(27)15(20(26)23-22(24)28)10-13-6-8-17(25)19(11-13)29-3/h6-12,25H,4-5H2,1-3H3,(H,23,26,28)/b15-10+. The average molecular weight is 426 g/mol. The largest absolute Gasteiger partial charge is 0.504 e. The quantitative estimate of drug-likeness (QED) is 0.517. The number of methoxy groups -OCH3 is 1. The lowest BCUT2D eigenvalue weighted by Gasteiger charge is -2.28. The molecule has 2 N–H and O–H groups in total. The summed E-state index contributed by atoms with van der Waals surface area (Å²) in [5, 5.41) is 11.9. The van der Waals surface area contributed by atoms with Gasteiger partial charge in [-0.15, -0.1) is 0 Å². The predicted octanol–water partition coefficient (Wildman–Crippen LogP) is 2.86. The van der Waals surface area contributed by atoms with E-state index < -0.39 is 17.8 Å². The van der Waals surface area contributed by atoms with Crippen molar-refractivity contribution < 1.29 is 33.7 Å². The molecule has 0 radical (unpaired) electrons. The molecule has 31 heavy (non-hydrogen) atoms. The summed E-state index contributed by atoms with van der Waals surface area (Å²) >= 11 is 0. The van der Waals surface area contributed by atoms with Crippen molar-refractivity contribution in [3.8, 4) is 23.0 Å². The normalized spacial score (nSPS) is 15.1. The lowest BCUT2D eigenvalue weighted by Crippen LogP contribution is -2.54. The second-order valence-corrected chi connectivity index (χ2v) is 6.38. The van der Waals surface area contributed by atoms with Crippen LogP contribution in [0.5, 0.6) is 23.0 Å². The Hall–Kier alpha value is -4.01. The van der Waals surface area contributed by atoms with Gasteiger partial charge in [-0.3, -0.25) is 14.9 Å². The molecule has 1 aliphatic rings. The molecule has 2 aromatic carbocycles. The highest BCUT2D eigenvalue weighted by atomic mass is 16.5. The van der Waals surface area contributed by atoms with E-state index in [0.29, 0.717) is 24.5 Å². The fourth-order valence-electron chi connectivity index (χ4n) is 3.03. The molecule has 9 nitrogen and oxygen atoms in total. The molecule has 1 fully saturated rings. The first-order chi connectivity index (χ1) is 14.9. The molecular formula is C22H22N2O7. The van der Waals surface area contributed by atoms with Crippen molar-refractivity contribution in [3.63, 3.8) is 0 Å². The Balaban J connectivity index is 2.07. The summed E-state index contributed by atoms with van der Waals surface area (Å²) in [5.74, 6) is -0.849. The van der Waals surface area contributed by atoms with Gasteiger partial charge in [0, 0.05) is 6.07 Å². The van der Waals surface area contributed by atoms with Crippen molar-refractivity contribution in [1.82, 2.24) is 5.32 Å². The number of phenols is 1. The molecule has 1 aliphatic heterocycles. The minimum Gasteiger partial charge on any atom is -0.504 e. The Morgan fingerprint density at radius 1 is 1.00 bits per heavy atom. The lowest BCUT2D eigenvalue weighted by molar-refractivity contribution is -0.122. The number of ether oxygens (including phenoxy) is 3. The van der Waals surface area contributed by atoms with E-state index in [0.717, 1.165) is 4.90 Å². The average Bonchev–Trinajstić information content (AvgIpc) is 2.74. The molecule has 0 aromatic heterocycles. The molecule has 2 aromatic rings. The topological polar surface area (TPSA) is 114 Å². The van der Waals surface area contributed by atoms with Crippen LogP contribution >= 0.6 is 0 Å². The summed E-state index contributed by atoms with van der Waals surface area (Å²) < 4.78 is 16.1. The highest BCUT2D eigenvalue weighted by Crippen LogP contribution is 2.35. The summed E-state index contributed by atoms with van der Waals surface area (Å²) in [7, 11) is 1.38. The predicted molar refractivity (Wildman–Crippen MR) is 112 cm³/mol. The van der Waals surface area contributed by atoms with Crippen LogP contribution in [0, 0.1) is 0 Å². The van der Waals surface area contributed by atoms with Crippen molar-refractivity contribution in [3.05, 3.63) is 47.5 Å². The van der Waals surface area contributed by atoms with Crippen molar-refractivity contribution in [2.75, 3.05) is 25.2 Å². The molecule has 0 saturated carbocycles. The minimum atomic E-state index is -0.898. The van der Waals surface area contributed by atoms with E-state index in [-0.39, 0.29) is 28.5 Å². The number of nitrogens with zero attached hydrogens (tertiary/aromatic N) is 1. The van der Waals surface area contributed by atoms with E-state index in [1.807, 2.05) is 0 Å². The Morgan fingerprint density at radius 3 is 2.42 bits per heavy atom. The fraction of sp³-hybridized carbons (Fsp3) is 0.227. The summed E-state index contributed by atoms with van der Waals surface area (Å²) in [6, 6.07) is 8.20. The van der Waals surface area contributed by atoms with Gasteiger partial charge in [-0.05, 0) is 49.8 Å². The molecular weight excluding hydrogens is 404 g/mol. The van der Waals surface area contributed by atoms with E-state index in [9.17, 15) is 19.5 Å². The number of benzene rings is 2. The number of hydrogen-bond donors (Lipinski definition) is 2. The molecule has 0 aliphatic carbocycles. The molecule has 0 atom stereocenters. The summed E-state index contributed by atoms with van der Waals surface area (Å²) in [6.07, 6.45) is 1.31. The number of rotatable bonds is 7. The van der Waals surface area contributed by atoms with Crippen molar-refractivity contribution in [1.29, 1.82) is 0 Å². The number of amides is 4. The van der Waals surface area contributed by atoms with Gasteiger partial charge < -0.3 is 19.3 Å². The number of anilines is 1. The van der Waals surface area contributed by atoms with Gasteiger partial charge in [-0.2, -0.15) is 0 Å². The second kappa shape index (κ2) is 9.21.